The van der Waals surface area contributed by atoms with Crippen LogP contribution >= 0.6 is 11.6 Å². The second kappa shape index (κ2) is 26.6. The molecule has 0 aliphatic rings. The standard InChI is InChI=1S/C36H58ClNO7/c1-4-5-6-7-8-9-10-11-12-13-14-15-16-17-21-24-33(40)43-27-31(25-32(37)39)28-44-35(41)34(29(2)3)38-36(42)45-26-30-22-19-18-20-23-30/h18-20,22-23,29,31,34H,4-17,21,24-28H2,1-3H3,(H,38,42)/t31?,34-/m0/s1. The SMILES string of the molecule is CCCCCCCCCCCCCCCCCC(=O)OCC(COC(=O)[C@@H](NC(=O)OCc1ccccc1)C(C)C)CC(=O)Cl. The number of rotatable bonds is 27. The van der Waals surface area contributed by atoms with E-state index in [2.05, 4.69) is 12.2 Å². The van der Waals surface area contributed by atoms with Gasteiger partial charge in [-0.05, 0) is 29.5 Å². The van der Waals surface area contributed by atoms with E-state index in [4.69, 9.17) is 25.8 Å². The number of amides is 1. The Hall–Kier alpha value is -2.61. The van der Waals surface area contributed by atoms with Crippen LogP contribution in [0.3, 0.4) is 0 Å². The van der Waals surface area contributed by atoms with Gasteiger partial charge in [-0.15, -0.1) is 0 Å². The Morgan fingerprint density at radius 1 is 0.711 bits per heavy atom. The minimum Gasteiger partial charge on any atom is -0.465 e. The fourth-order valence-electron chi connectivity index (χ4n) is 5.00. The van der Waals surface area contributed by atoms with Gasteiger partial charge in [0.15, 0.2) is 0 Å². The zero-order chi connectivity index (χ0) is 33.1. The first kappa shape index (κ1) is 40.4. The topological polar surface area (TPSA) is 108 Å². The average Bonchev–Trinajstić information content (AvgIpc) is 3.02. The number of esters is 2. The summed E-state index contributed by atoms with van der Waals surface area (Å²) >= 11 is 5.58. The van der Waals surface area contributed by atoms with E-state index >= 15 is 0 Å². The molecule has 1 aromatic carbocycles. The van der Waals surface area contributed by atoms with Crippen molar-refractivity contribution in [2.75, 3.05) is 13.2 Å². The molecule has 0 saturated carbocycles. The number of nitrogens with one attached hydrogen (secondary N) is 1. The van der Waals surface area contributed by atoms with Gasteiger partial charge in [-0.2, -0.15) is 0 Å². The summed E-state index contributed by atoms with van der Waals surface area (Å²) in [6.45, 7) is 5.60. The number of carbonyl (C=O) groups excluding carboxylic acids is 4. The van der Waals surface area contributed by atoms with Gasteiger partial charge in [0.05, 0.1) is 13.2 Å². The van der Waals surface area contributed by atoms with E-state index in [-0.39, 0.29) is 38.1 Å². The molecule has 0 radical (unpaired) electrons. The molecule has 0 aromatic heterocycles. The summed E-state index contributed by atoms with van der Waals surface area (Å²) in [7, 11) is 0. The van der Waals surface area contributed by atoms with Crippen LogP contribution in [0.25, 0.3) is 0 Å². The Kier molecular flexibility index (Phi) is 23.9. The molecule has 1 N–H and O–H groups in total. The number of halogens is 1. The Bertz CT molecular complexity index is 941. The fraction of sp³-hybridized carbons (Fsp3) is 0.722. The van der Waals surface area contributed by atoms with Gasteiger partial charge in [-0.25, -0.2) is 9.59 Å². The van der Waals surface area contributed by atoms with Crippen LogP contribution in [-0.2, 0) is 35.2 Å². The Morgan fingerprint density at radius 2 is 1.22 bits per heavy atom. The van der Waals surface area contributed by atoms with Gasteiger partial charge in [0.1, 0.15) is 12.6 Å². The molecule has 1 amide bonds. The molecular formula is C36H58ClNO7. The van der Waals surface area contributed by atoms with E-state index in [1.54, 1.807) is 13.8 Å². The molecule has 0 saturated heterocycles. The van der Waals surface area contributed by atoms with Gasteiger partial charge in [0, 0.05) is 18.8 Å². The summed E-state index contributed by atoms with van der Waals surface area (Å²) in [6, 6.07) is 8.24. The lowest BCUT2D eigenvalue weighted by atomic mass is 10.0. The first-order chi connectivity index (χ1) is 21.7. The molecule has 45 heavy (non-hydrogen) atoms. The van der Waals surface area contributed by atoms with Crippen LogP contribution in [0.1, 0.15) is 135 Å². The maximum atomic E-state index is 12.8. The fourth-order valence-corrected chi connectivity index (χ4v) is 5.21. The van der Waals surface area contributed by atoms with Crippen LogP contribution in [0.2, 0.25) is 0 Å². The first-order valence-electron chi connectivity index (χ1n) is 17.2. The molecular weight excluding hydrogens is 594 g/mol. The monoisotopic (exact) mass is 651 g/mol. The molecule has 0 aliphatic carbocycles. The molecule has 0 heterocycles. The molecule has 0 bridgehead atoms. The lowest BCUT2D eigenvalue weighted by molar-refractivity contribution is -0.152. The van der Waals surface area contributed by atoms with Crippen LogP contribution in [0, 0.1) is 11.8 Å². The third-order valence-corrected chi connectivity index (χ3v) is 7.94. The highest BCUT2D eigenvalue weighted by Crippen LogP contribution is 2.15. The van der Waals surface area contributed by atoms with Crippen molar-refractivity contribution in [1.29, 1.82) is 0 Å². The summed E-state index contributed by atoms with van der Waals surface area (Å²) in [6.07, 6.45) is 18.2. The Balaban J connectivity index is 2.23. The predicted molar refractivity (Wildman–Crippen MR) is 179 cm³/mol. The van der Waals surface area contributed by atoms with Gasteiger partial charge in [0.2, 0.25) is 5.24 Å². The summed E-state index contributed by atoms with van der Waals surface area (Å²) < 4.78 is 16.0. The van der Waals surface area contributed by atoms with Crippen LogP contribution < -0.4 is 5.32 Å². The maximum Gasteiger partial charge on any atom is 0.408 e. The van der Waals surface area contributed by atoms with Gasteiger partial charge in [-0.3, -0.25) is 9.59 Å². The molecule has 0 spiro atoms. The molecule has 256 valence electrons. The molecule has 8 nitrogen and oxygen atoms in total. The summed E-state index contributed by atoms with van der Waals surface area (Å²) in [5.41, 5.74) is 0.819. The minimum atomic E-state index is -0.951. The van der Waals surface area contributed by atoms with Crippen LogP contribution in [0.5, 0.6) is 0 Å². The predicted octanol–water partition coefficient (Wildman–Crippen LogP) is 9.06. The lowest BCUT2D eigenvalue weighted by Crippen LogP contribution is -2.46. The molecule has 1 rings (SSSR count). The van der Waals surface area contributed by atoms with E-state index in [0.717, 1.165) is 24.8 Å². The second-order valence-electron chi connectivity index (χ2n) is 12.4. The molecule has 1 unspecified atom stereocenters. The number of hydrogen-bond donors (Lipinski definition) is 1. The number of hydrogen-bond acceptors (Lipinski definition) is 7. The van der Waals surface area contributed by atoms with Crippen LogP contribution in [0.15, 0.2) is 30.3 Å². The van der Waals surface area contributed by atoms with Crippen molar-refractivity contribution in [3.05, 3.63) is 35.9 Å². The van der Waals surface area contributed by atoms with Crippen LogP contribution in [0.4, 0.5) is 4.79 Å². The normalized spacial score (nSPS) is 12.4. The van der Waals surface area contributed by atoms with Crippen LogP contribution in [-0.4, -0.2) is 42.5 Å². The smallest absolute Gasteiger partial charge is 0.408 e. The molecule has 1 aromatic rings. The van der Waals surface area contributed by atoms with Crippen molar-refractivity contribution in [3.63, 3.8) is 0 Å². The zero-order valence-corrected chi connectivity index (χ0v) is 28.8. The molecule has 9 heteroatoms. The van der Waals surface area contributed by atoms with Gasteiger partial charge in [-0.1, -0.05) is 141 Å². The minimum absolute atomic E-state index is 0.0667. The number of ether oxygens (including phenoxy) is 3. The quantitative estimate of drug-likeness (QED) is 0.0437. The lowest BCUT2D eigenvalue weighted by Gasteiger charge is -2.22. The molecule has 0 fully saturated rings. The van der Waals surface area contributed by atoms with Crippen molar-refractivity contribution >= 4 is 34.9 Å². The maximum absolute atomic E-state index is 12.8. The van der Waals surface area contributed by atoms with E-state index in [1.807, 2.05) is 30.3 Å². The number of alkyl carbamates (subject to hydrolysis) is 1. The van der Waals surface area contributed by atoms with Gasteiger partial charge in [0.25, 0.3) is 0 Å². The average molecular weight is 652 g/mol. The summed E-state index contributed by atoms with van der Waals surface area (Å²) in [5, 5.41) is 1.94. The molecule has 2 atom stereocenters. The van der Waals surface area contributed by atoms with Gasteiger partial charge >= 0.3 is 18.0 Å². The zero-order valence-electron chi connectivity index (χ0n) is 28.0. The number of unbranched alkanes of at least 4 members (excludes halogenated alkanes) is 14. The Labute approximate surface area is 276 Å². The van der Waals surface area contributed by atoms with E-state index < -0.39 is 29.3 Å². The van der Waals surface area contributed by atoms with E-state index in [1.165, 1.54) is 77.0 Å². The Morgan fingerprint density at radius 3 is 1.73 bits per heavy atom. The summed E-state index contributed by atoms with van der Waals surface area (Å²) in [4.78, 5) is 48.9. The van der Waals surface area contributed by atoms with E-state index in [0.29, 0.717) is 6.42 Å². The highest BCUT2D eigenvalue weighted by Gasteiger charge is 2.28. The van der Waals surface area contributed by atoms with Crippen molar-refractivity contribution in [1.82, 2.24) is 5.32 Å². The van der Waals surface area contributed by atoms with Crippen molar-refractivity contribution < 1.29 is 33.4 Å². The van der Waals surface area contributed by atoms with Gasteiger partial charge < -0.3 is 19.5 Å². The van der Waals surface area contributed by atoms with Crippen molar-refractivity contribution in [2.45, 2.75) is 143 Å². The summed E-state index contributed by atoms with van der Waals surface area (Å²) in [5.74, 6) is -1.87. The second-order valence-corrected chi connectivity index (χ2v) is 12.8. The first-order valence-corrected chi connectivity index (χ1v) is 17.6. The van der Waals surface area contributed by atoms with E-state index in [9.17, 15) is 19.2 Å². The largest absolute Gasteiger partial charge is 0.465 e. The highest BCUT2D eigenvalue weighted by molar-refractivity contribution is 6.63. The number of carbonyl (C=O) groups is 4. The third-order valence-electron chi connectivity index (χ3n) is 7.78. The van der Waals surface area contributed by atoms with Crippen molar-refractivity contribution in [2.24, 2.45) is 11.8 Å². The highest BCUT2D eigenvalue weighted by atomic mass is 35.5. The molecule has 0 aliphatic heterocycles. The number of benzene rings is 1. The van der Waals surface area contributed by atoms with Crippen molar-refractivity contribution in [3.8, 4) is 0 Å². The third kappa shape index (κ3) is 22.5.